The van der Waals surface area contributed by atoms with Crippen LogP contribution in [0.5, 0.6) is 0 Å². The first-order chi connectivity index (χ1) is 14.3. The van der Waals surface area contributed by atoms with Crippen molar-refractivity contribution in [3.8, 4) is 0 Å². The van der Waals surface area contributed by atoms with Crippen molar-refractivity contribution in [2.75, 3.05) is 10.8 Å². The third kappa shape index (κ3) is 5.14. The van der Waals surface area contributed by atoms with Crippen molar-refractivity contribution in [1.29, 1.82) is 0 Å². The number of aryl methyl sites for hydroxylation is 1. The fourth-order valence-electron chi connectivity index (χ4n) is 2.80. The lowest BCUT2D eigenvalue weighted by Crippen LogP contribution is -2.40. The molecule has 3 aromatic rings. The Morgan fingerprint density at radius 1 is 0.933 bits per heavy atom. The summed E-state index contributed by atoms with van der Waals surface area (Å²) in [4.78, 5) is 12.7. The van der Waals surface area contributed by atoms with E-state index in [4.69, 9.17) is 23.2 Å². The van der Waals surface area contributed by atoms with E-state index >= 15 is 0 Å². The summed E-state index contributed by atoms with van der Waals surface area (Å²) in [5.41, 5.74) is 2.16. The van der Waals surface area contributed by atoms with Crippen molar-refractivity contribution in [3.63, 3.8) is 0 Å². The van der Waals surface area contributed by atoms with E-state index in [-0.39, 0.29) is 27.2 Å². The van der Waals surface area contributed by atoms with Gasteiger partial charge in [-0.1, -0.05) is 77.3 Å². The zero-order valence-corrected chi connectivity index (χ0v) is 18.5. The molecule has 0 saturated carbocycles. The molecule has 0 aliphatic rings. The van der Waals surface area contributed by atoms with Crippen LogP contribution < -0.4 is 9.62 Å². The second-order valence-corrected chi connectivity index (χ2v) is 9.31. The number of halogens is 2. The number of carbonyl (C=O) groups excluding carboxylic acids is 1. The van der Waals surface area contributed by atoms with Crippen molar-refractivity contribution >= 4 is 44.8 Å². The highest BCUT2D eigenvalue weighted by atomic mass is 35.5. The van der Waals surface area contributed by atoms with E-state index < -0.39 is 22.5 Å². The summed E-state index contributed by atoms with van der Waals surface area (Å²) in [5.74, 6) is -0.467. The zero-order valence-electron chi connectivity index (χ0n) is 16.2. The van der Waals surface area contributed by atoms with Crippen LogP contribution in [-0.4, -0.2) is 20.9 Å². The van der Waals surface area contributed by atoms with Crippen molar-refractivity contribution in [2.45, 2.75) is 18.4 Å². The molecule has 30 heavy (non-hydrogen) atoms. The molecule has 1 N–H and O–H groups in total. The number of hydrogen-bond acceptors (Lipinski definition) is 3. The van der Waals surface area contributed by atoms with E-state index in [9.17, 15) is 13.2 Å². The standard InChI is InChI=1S/C22H20Cl2N2O3S/c1-16-10-12-17(13-11-16)14-25-21(27)15-26(20-9-5-8-19(23)22(20)24)30(28,29)18-6-3-2-4-7-18/h2-13H,14-15H2,1H3,(H,25,27). The predicted molar refractivity (Wildman–Crippen MR) is 120 cm³/mol. The Morgan fingerprint density at radius 3 is 2.27 bits per heavy atom. The lowest BCUT2D eigenvalue weighted by atomic mass is 10.1. The lowest BCUT2D eigenvalue weighted by Gasteiger charge is -2.25. The Bertz CT molecular complexity index is 1130. The van der Waals surface area contributed by atoms with Crippen molar-refractivity contribution in [3.05, 3.63) is 94.0 Å². The summed E-state index contributed by atoms with van der Waals surface area (Å²) in [6, 6.07) is 20.2. The van der Waals surface area contributed by atoms with Crippen LogP contribution in [-0.2, 0) is 21.4 Å². The molecule has 0 spiro atoms. The molecule has 0 aromatic heterocycles. The van der Waals surface area contributed by atoms with Crippen LogP contribution in [0.25, 0.3) is 0 Å². The van der Waals surface area contributed by atoms with Gasteiger partial charge in [0.05, 0.1) is 20.6 Å². The van der Waals surface area contributed by atoms with Gasteiger partial charge in [-0.05, 0) is 36.8 Å². The third-order valence-electron chi connectivity index (χ3n) is 4.43. The summed E-state index contributed by atoms with van der Waals surface area (Å²) in [6.45, 7) is 1.81. The first kappa shape index (κ1) is 22.2. The van der Waals surface area contributed by atoms with Crippen molar-refractivity contribution < 1.29 is 13.2 Å². The van der Waals surface area contributed by atoms with Crippen LogP contribution in [0.15, 0.2) is 77.7 Å². The number of benzene rings is 3. The van der Waals surface area contributed by atoms with Crippen LogP contribution in [0.3, 0.4) is 0 Å². The second kappa shape index (κ2) is 9.51. The molecule has 0 heterocycles. The Morgan fingerprint density at radius 2 is 1.60 bits per heavy atom. The predicted octanol–water partition coefficient (Wildman–Crippen LogP) is 4.81. The minimum absolute atomic E-state index is 0.0485. The molecule has 5 nitrogen and oxygen atoms in total. The Labute approximate surface area is 186 Å². The Hall–Kier alpha value is -2.54. The Balaban J connectivity index is 1.89. The Kier molecular flexibility index (Phi) is 7.02. The average Bonchev–Trinajstić information content (AvgIpc) is 2.74. The molecule has 1 amide bonds. The average molecular weight is 463 g/mol. The van der Waals surface area contributed by atoms with E-state index in [1.165, 1.54) is 18.2 Å². The fourth-order valence-corrected chi connectivity index (χ4v) is 4.70. The number of nitrogens with one attached hydrogen (secondary N) is 1. The number of hydrogen-bond donors (Lipinski definition) is 1. The number of anilines is 1. The summed E-state index contributed by atoms with van der Waals surface area (Å²) >= 11 is 12.4. The van der Waals surface area contributed by atoms with E-state index in [1.54, 1.807) is 30.3 Å². The molecule has 8 heteroatoms. The first-order valence-corrected chi connectivity index (χ1v) is 11.3. The molecule has 0 aliphatic carbocycles. The van der Waals surface area contributed by atoms with Crippen molar-refractivity contribution in [2.24, 2.45) is 0 Å². The van der Waals surface area contributed by atoms with E-state index in [2.05, 4.69) is 5.32 Å². The maximum atomic E-state index is 13.3. The highest BCUT2D eigenvalue weighted by molar-refractivity contribution is 7.92. The van der Waals surface area contributed by atoms with Gasteiger partial charge in [-0.2, -0.15) is 0 Å². The van der Waals surface area contributed by atoms with Gasteiger partial charge in [0.15, 0.2) is 0 Å². The maximum Gasteiger partial charge on any atom is 0.264 e. The normalized spacial score (nSPS) is 11.2. The van der Waals surface area contributed by atoms with Crippen LogP contribution in [0, 0.1) is 6.92 Å². The summed E-state index contributed by atoms with van der Waals surface area (Å²) in [7, 11) is -4.05. The maximum absolute atomic E-state index is 13.3. The minimum Gasteiger partial charge on any atom is -0.350 e. The number of nitrogens with zero attached hydrogens (tertiary/aromatic N) is 1. The monoisotopic (exact) mass is 462 g/mol. The summed E-state index contributed by atoms with van der Waals surface area (Å²) in [5, 5.41) is 3.01. The minimum atomic E-state index is -4.05. The van der Waals surface area contributed by atoms with Crippen LogP contribution in [0.1, 0.15) is 11.1 Å². The topological polar surface area (TPSA) is 66.5 Å². The number of amides is 1. The van der Waals surface area contributed by atoms with Crippen molar-refractivity contribution in [1.82, 2.24) is 5.32 Å². The third-order valence-corrected chi connectivity index (χ3v) is 7.01. The van der Waals surface area contributed by atoms with E-state index in [1.807, 2.05) is 31.2 Å². The van der Waals surface area contributed by atoms with E-state index in [0.29, 0.717) is 0 Å². The van der Waals surface area contributed by atoms with Crippen LogP contribution in [0.2, 0.25) is 10.0 Å². The molecule has 156 valence electrons. The molecule has 0 aliphatic heterocycles. The van der Waals surface area contributed by atoms with Gasteiger partial charge in [0.25, 0.3) is 10.0 Å². The fraction of sp³-hybridized carbons (Fsp3) is 0.136. The van der Waals surface area contributed by atoms with Gasteiger partial charge >= 0.3 is 0 Å². The quantitative estimate of drug-likeness (QED) is 0.547. The zero-order chi connectivity index (χ0) is 21.7. The van der Waals surface area contributed by atoms with Gasteiger partial charge < -0.3 is 5.32 Å². The van der Waals surface area contributed by atoms with E-state index in [0.717, 1.165) is 15.4 Å². The second-order valence-electron chi connectivity index (χ2n) is 6.66. The van der Waals surface area contributed by atoms with Gasteiger partial charge in [-0.15, -0.1) is 0 Å². The van der Waals surface area contributed by atoms with Gasteiger partial charge in [0, 0.05) is 6.54 Å². The molecule has 0 bridgehead atoms. The first-order valence-electron chi connectivity index (χ1n) is 9.13. The molecule has 0 saturated heterocycles. The lowest BCUT2D eigenvalue weighted by molar-refractivity contribution is -0.119. The SMILES string of the molecule is Cc1ccc(CNC(=O)CN(c2cccc(Cl)c2Cl)S(=O)(=O)c2ccccc2)cc1. The molecule has 0 atom stereocenters. The summed E-state index contributed by atoms with van der Waals surface area (Å²) in [6.07, 6.45) is 0. The summed E-state index contributed by atoms with van der Waals surface area (Å²) < 4.78 is 27.5. The van der Waals surface area contributed by atoms with Crippen LogP contribution >= 0.6 is 23.2 Å². The molecular formula is C22H20Cl2N2O3S. The molecule has 0 unspecified atom stereocenters. The molecule has 0 fully saturated rings. The number of carbonyl (C=O) groups is 1. The number of rotatable bonds is 7. The molecule has 3 rings (SSSR count). The highest BCUT2D eigenvalue weighted by Crippen LogP contribution is 2.35. The molecule has 0 radical (unpaired) electrons. The van der Waals surface area contributed by atoms with Gasteiger partial charge in [0.2, 0.25) is 5.91 Å². The molecular weight excluding hydrogens is 443 g/mol. The van der Waals surface area contributed by atoms with Gasteiger partial charge in [-0.3, -0.25) is 9.10 Å². The largest absolute Gasteiger partial charge is 0.350 e. The molecule has 3 aromatic carbocycles. The smallest absolute Gasteiger partial charge is 0.264 e. The van der Waals surface area contributed by atoms with Gasteiger partial charge in [-0.25, -0.2) is 8.42 Å². The van der Waals surface area contributed by atoms with Crippen LogP contribution in [0.4, 0.5) is 5.69 Å². The number of sulfonamides is 1. The highest BCUT2D eigenvalue weighted by Gasteiger charge is 2.29. The van der Waals surface area contributed by atoms with Gasteiger partial charge in [0.1, 0.15) is 6.54 Å².